The van der Waals surface area contributed by atoms with Crippen molar-refractivity contribution < 1.29 is 18.0 Å². The summed E-state index contributed by atoms with van der Waals surface area (Å²) in [5.41, 5.74) is 4.69. The number of amides is 2. The first-order valence-electron chi connectivity index (χ1n) is 13.9. The Morgan fingerprint density at radius 1 is 0.850 bits per heavy atom. The molecule has 214 valence electrons. The van der Waals surface area contributed by atoms with Crippen LogP contribution in [0, 0.1) is 6.92 Å². The van der Waals surface area contributed by atoms with Crippen LogP contribution < -0.4 is 9.62 Å². The van der Waals surface area contributed by atoms with Gasteiger partial charge in [-0.05, 0) is 55.5 Å². The van der Waals surface area contributed by atoms with Crippen LogP contribution in [0.2, 0.25) is 0 Å². The number of sulfonamides is 1. The molecule has 1 atom stereocenters. The summed E-state index contributed by atoms with van der Waals surface area (Å²) < 4.78 is 26.6. The van der Waals surface area contributed by atoms with E-state index in [9.17, 15) is 18.0 Å². The van der Waals surface area contributed by atoms with E-state index in [1.807, 2.05) is 87.5 Å². The first-order valence-corrected chi connectivity index (χ1v) is 15.7. The fraction of sp³-hybridized carbons (Fsp3) is 0.375. The van der Waals surface area contributed by atoms with Gasteiger partial charge >= 0.3 is 0 Å². The molecule has 0 bridgehead atoms. The summed E-state index contributed by atoms with van der Waals surface area (Å²) in [7, 11) is -3.54. The highest BCUT2D eigenvalue weighted by Crippen LogP contribution is 2.21. The van der Waals surface area contributed by atoms with Gasteiger partial charge in [0.05, 0.1) is 11.9 Å². The van der Waals surface area contributed by atoms with E-state index in [-0.39, 0.29) is 31.3 Å². The minimum Gasteiger partial charge on any atom is -0.355 e. The molecule has 2 amide bonds. The second-order valence-electron chi connectivity index (χ2n) is 10.1. The highest BCUT2D eigenvalue weighted by Gasteiger charge is 2.30. The number of carbonyl (C=O) groups excluding carboxylic acids is 2. The summed E-state index contributed by atoms with van der Waals surface area (Å²) in [5, 5.41) is 2.90. The van der Waals surface area contributed by atoms with Crippen molar-refractivity contribution in [3.63, 3.8) is 0 Å². The van der Waals surface area contributed by atoms with E-state index < -0.39 is 16.1 Å². The molecule has 0 aromatic heterocycles. The highest BCUT2D eigenvalue weighted by atomic mass is 32.2. The molecule has 0 fully saturated rings. The van der Waals surface area contributed by atoms with Crippen molar-refractivity contribution in [1.82, 2.24) is 10.2 Å². The Labute approximate surface area is 239 Å². The standard InChI is InChI=1S/C32H41N3O4S/c1-5-26-18-20-29(21-19-26)35(40(4,38)39)22-10-13-31(36)34(24-28-16-14-25(3)15-17-28)30(32(37)33-6-2)23-27-11-8-7-9-12-27/h7-9,11-12,14-21,30H,5-6,10,13,22-24H2,1-4H3,(H,33,37)/t30-/m0/s1. The number of benzene rings is 3. The first-order chi connectivity index (χ1) is 19.1. The largest absolute Gasteiger partial charge is 0.355 e. The Balaban J connectivity index is 1.84. The average molecular weight is 564 g/mol. The number of nitrogens with zero attached hydrogens (tertiary/aromatic N) is 2. The van der Waals surface area contributed by atoms with Crippen molar-refractivity contribution in [1.29, 1.82) is 0 Å². The van der Waals surface area contributed by atoms with E-state index in [1.54, 1.807) is 17.0 Å². The molecule has 40 heavy (non-hydrogen) atoms. The number of nitrogens with one attached hydrogen (secondary N) is 1. The van der Waals surface area contributed by atoms with Crippen molar-refractivity contribution >= 4 is 27.5 Å². The maximum Gasteiger partial charge on any atom is 0.243 e. The molecule has 3 aromatic rings. The third-order valence-electron chi connectivity index (χ3n) is 6.88. The van der Waals surface area contributed by atoms with Gasteiger partial charge in [0, 0.05) is 32.5 Å². The van der Waals surface area contributed by atoms with Crippen molar-refractivity contribution in [2.75, 3.05) is 23.7 Å². The number of aryl methyl sites for hydroxylation is 2. The minimum absolute atomic E-state index is 0.107. The van der Waals surface area contributed by atoms with E-state index in [2.05, 4.69) is 5.32 Å². The molecule has 0 saturated carbocycles. The van der Waals surface area contributed by atoms with E-state index in [0.29, 0.717) is 25.1 Å². The van der Waals surface area contributed by atoms with Gasteiger partial charge in [0.15, 0.2) is 0 Å². The first kappa shape index (κ1) is 30.9. The predicted octanol–water partition coefficient (Wildman–Crippen LogP) is 4.88. The molecule has 0 aliphatic rings. The van der Waals surface area contributed by atoms with Gasteiger partial charge in [-0.3, -0.25) is 13.9 Å². The van der Waals surface area contributed by atoms with Gasteiger partial charge in [0.2, 0.25) is 21.8 Å². The number of anilines is 1. The summed E-state index contributed by atoms with van der Waals surface area (Å²) >= 11 is 0. The molecule has 0 radical (unpaired) electrons. The molecule has 3 rings (SSSR count). The van der Waals surface area contributed by atoms with E-state index in [1.165, 1.54) is 10.6 Å². The third-order valence-corrected chi connectivity index (χ3v) is 8.07. The van der Waals surface area contributed by atoms with Crippen LogP contribution in [0.1, 0.15) is 48.9 Å². The van der Waals surface area contributed by atoms with Gasteiger partial charge in [0.1, 0.15) is 6.04 Å². The summed E-state index contributed by atoms with van der Waals surface area (Å²) in [4.78, 5) is 28.7. The van der Waals surface area contributed by atoms with E-state index in [0.717, 1.165) is 28.7 Å². The smallest absolute Gasteiger partial charge is 0.243 e. The minimum atomic E-state index is -3.54. The number of carbonyl (C=O) groups is 2. The van der Waals surface area contributed by atoms with Gasteiger partial charge in [-0.1, -0.05) is 79.2 Å². The molecule has 3 aromatic carbocycles. The van der Waals surface area contributed by atoms with Crippen LogP contribution >= 0.6 is 0 Å². The Morgan fingerprint density at radius 2 is 1.48 bits per heavy atom. The molecular formula is C32H41N3O4S. The van der Waals surface area contributed by atoms with E-state index >= 15 is 0 Å². The fourth-order valence-corrected chi connectivity index (χ4v) is 5.60. The van der Waals surface area contributed by atoms with Gasteiger partial charge in [-0.25, -0.2) is 8.42 Å². The van der Waals surface area contributed by atoms with Crippen LogP contribution in [-0.2, 0) is 39.0 Å². The summed E-state index contributed by atoms with van der Waals surface area (Å²) in [6.45, 7) is 6.81. The quantitative estimate of drug-likeness (QED) is 0.303. The van der Waals surface area contributed by atoms with Crippen molar-refractivity contribution in [2.24, 2.45) is 0 Å². The van der Waals surface area contributed by atoms with Crippen LogP contribution in [-0.4, -0.2) is 50.5 Å². The molecule has 7 nitrogen and oxygen atoms in total. The average Bonchev–Trinajstić information content (AvgIpc) is 2.94. The molecular weight excluding hydrogens is 522 g/mol. The lowest BCUT2D eigenvalue weighted by molar-refractivity contribution is -0.141. The summed E-state index contributed by atoms with van der Waals surface area (Å²) in [5.74, 6) is -0.400. The molecule has 0 unspecified atom stereocenters. The lowest BCUT2D eigenvalue weighted by Crippen LogP contribution is -2.50. The normalized spacial score (nSPS) is 12.0. The van der Waals surface area contributed by atoms with Crippen LogP contribution in [0.15, 0.2) is 78.9 Å². The number of hydrogen-bond donors (Lipinski definition) is 1. The van der Waals surface area contributed by atoms with Gasteiger partial charge in [-0.2, -0.15) is 0 Å². The summed E-state index contributed by atoms with van der Waals surface area (Å²) in [6.07, 6.45) is 2.84. The molecule has 0 aliphatic carbocycles. The zero-order chi connectivity index (χ0) is 29.1. The molecule has 1 N–H and O–H groups in total. The van der Waals surface area contributed by atoms with Gasteiger partial charge < -0.3 is 10.2 Å². The molecule has 0 aliphatic heterocycles. The Morgan fingerprint density at radius 3 is 2.05 bits per heavy atom. The Kier molecular flexibility index (Phi) is 11.3. The number of rotatable bonds is 14. The van der Waals surface area contributed by atoms with Crippen LogP contribution in [0.3, 0.4) is 0 Å². The molecule has 0 spiro atoms. The van der Waals surface area contributed by atoms with Crippen molar-refractivity contribution in [2.45, 2.75) is 59.0 Å². The van der Waals surface area contributed by atoms with Gasteiger partial charge in [-0.15, -0.1) is 0 Å². The third kappa shape index (κ3) is 8.95. The summed E-state index contributed by atoms with van der Waals surface area (Å²) in [6, 6.07) is 24.3. The molecule has 0 heterocycles. The van der Waals surface area contributed by atoms with Crippen molar-refractivity contribution in [3.8, 4) is 0 Å². The molecule has 0 saturated heterocycles. The molecule has 8 heteroatoms. The monoisotopic (exact) mass is 563 g/mol. The zero-order valence-corrected chi connectivity index (χ0v) is 24.8. The van der Waals surface area contributed by atoms with Crippen molar-refractivity contribution in [3.05, 3.63) is 101 Å². The van der Waals surface area contributed by atoms with Crippen LogP contribution in [0.5, 0.6) is 0 Å². The number of likely N-dealkylation sites (N-methyl/N-ethyl adjacent to an activating group) is 1. The van der Waals surface area contributed by atoms with Crippen LogP contribution in [0.25, 0.3) is 0 Å². The lowest BCUT2D eigenvalue weighted by atomic mass is 10.0. The van der Waals surface area contributed by atoms with Crippen LogP contribution in [0.4, 0.5) is 5.69 Å². The SMILES string of the molecule is CCNC(=O)[C@H](Cc1ccccc1)N(Cc1ccc(C)cc1)C(=O)CCCN(c1ccc(CC)cc1)S(C)(=O)=O. The van der Waals surface area contributed by atoms with Gasteiger partial charge in [0.25, 0.3) is 0 Å². The fourth-order valence-electron chi connectivity index (χ4n) is 4.64. The predicted molar refractivity (Wildman–Crippen MR) is 162 cm³/mol. The Hall–Kier alpha value is -3.65. The maximum absolute atomic E-state index is 13.8. The highest BCUT2D eigenvalue weighted by molar-refractivity contribution is 7.92. The lowest BCUT2D eigenvalue weighted by Gasteiger charge is -2.32. The topological polar surface area (TPSA) is 86.8 Å². The number of hydrogen-bond acceptors (Lipinski definition) is 4. The second kappa shape index (κ2) is 14.7. The maximum atomic E-state index is 13.8. The van der Waals surface area contributed by atoms with E-state index in [4.69, 9.17) is 0 Å². The second-order valence-corrected chi connectivity index (χ2v) is 12.0. The Bertz CT molecular complexity index is 1340. The zero-order valence-electron chi connectivity index (χ0n) is 24.0.